The molecule has 2 aromatic carbocycles. The van der Waals surface area contributed by atoms with Crippen LogP contribution >= 0.6 is 0 Å². The molecule has 1 aliphatic rings. The standard InChI is InChI=1S/C24H23F2N3O3/c1-13-18(10-11-20(31)28-23-19(30)12-27-24(23)32)22(15-4-8-17(26)9-5-15)29-21(13)14-2-6-16(25)7-3-14/h2-9,19,23,29-30H,10-12H2,1H3,(H,27,32)(H,28,31)/t19-,23+/m1/s1. The summed E-state index contributed by atoms with van der Waals surface area (Å²) in [7, 11) is 0. The number of aliphatic hydroxyl groups is 1. The lowest BCUT2D eigenvalue weighted by molar-refractivity contribution is -0.128. The Hall–Kier alpha value is -3.52. The third-order valence-electron chi connectivity index (χ3n) is 5.72. The van der Waals surface area contributed by atoms with E-state index in [2.05, 4.69) is 15.6 Å². The number of rotatable bonds is 6. The van der Waals surface area contributed by atoms with E-state index in [-0.39, 0.29) is 30.5 Å². The number of β-amino-alcohol motifs (C(OH)–C–C–N with tert-alkyl or cyclic N) is 1. The lowest BCUT2D eigenvalue weighted by atomic mass is 9.98. The number of aliphatic hydroxyl groups excluding tert-OH is 1. The van der Waals surface area contributed by atoms with Crippen molar-refractivity contribution in [3.63, 3.8) is 0 Å². The molecule has 1 saturated heterocycles. The van der Waals surface area contributed by atoms with E-state index in [4.69, 9.17) is 0 Å². The number of aromatic nitrogens is 1. The summed E-state index contributed by atoms with van der Waals surface area (Å²) in [6.45, 7) is 2.01. The first-order chi connectivity index (χ1) is 15.3. The van der Waals surface area contributed by atoms with Gasteiger partial charge in [-0.25, -0.2) is 8.78 Å². The van der Waals surface area contributed by atoms with E-state index in [1.54, 1.807) is 24.3 Å². The average molecular weight is 439 g/mol. The van der Waals surface area contributed by atoms with Crippen LogP contribution in [-0.4, -0.2) is 40.6 Å². The monoisotopic (exact) mass is 439 g/mol. The molecular weight excluding hydrogens is 416 g/mol. The molecule has 166 valence electrons. The Balaban J connectivity index is 1.62. The second-order valence-electron chi connectivity index (χ2n) is 7.85. The zero-order chi connectivity index (χ0) is 22.8. The maximum absolute atomic E-state index is 13.4. The molecule has 0 unspecified atom stereocenters. The van der Waals surface area contributed by atoms with Crippen LogP contribution < -0.4 is 10.6 Å². The minimum absolute atomic E-state index is 0.0895. The van der Waals surface area contributed by atoms with Gasteiger partial charge in [-0.3, -0.25) is 9.59 Å². The quantitative estimate of drug-likeness (QED) is 0.476. The largest absolute Gasteiger partial charge is 0.389 e. The van der Waals surface area contributed by atoms with Gasteiger partial charge in [0, 0.05) is 24.4 Å². The molecule has 2 amide bonds. The number of benzene rings is 2. The van der Waals surface area contributed by atoms with E-state index in [9.17, 15) is 23.5 Å². The Labute approximate surface area is 183 Å². The first-order valence-corrected chi connectivity index (χ1v) is 10.3. The van der Waals surface area contributed by atoms with Gasteiger partial charge in [-0.1, -0.05) is 0 Å². The number of hydrogen-bond donors (Lipinski definition) is 4. The van der Waals surface area contributed by atoms with Crippen LogP contribution in [0.1, 0.15) is 17.5 Å². The van der Waals surface area contributed by atoms with Gasteiger partial charge in [0.2, 0.25) is 11.8 Å². The van der Waals surface area contributed by atoms with Gasteiger partial charge in [-0.05, 0) is 84.1 Å². The Morgan fingerprint density at radius 3 is 2.12 bits per heavy atom. The highest BCUT2D eigenvalue weighted by atomic mass is 19.1. The first-order valence-electron chi connectivity index (χ1n) is 10.3. The van der Waals surface area contributed by atoms with Gasteiger partial charge >= 0.3 is 0 Å². The van der Waals surface area contributed by atoms with Gasteiger partial charge < -0.3 is 20.7 Å². The third-order valence-corrected chi connectivity index (χ3v) is 5.72. The van der Waals surface area contributed by atoms with Crippen molar-refractivity contribution in [1.82, 2.24) is 15.6 Å². The molecule has 4 N–H and O–H groups in total. The number of hydrogen-bond acceptors (Lipinski definition) is 3. The molecule has 0 bridgehead atoms. The predicted molar refractivity (Wildman–Crippen MR) is 116 cm³/mol. The number of nitrogens with one attached hydrogen (secondary N) is 3. The fourth-order valence-electron chi connectivity index (χ4n) is 3.97. The molecule has 8 heteroatoms. The summed E-state index contributed by atoms with van der Waals surface area (Å²) in [6, 6.07) is 11.1. The summed E-state index contributed by atoms with van der Waals surface area (Å²) in [5.74, 6) is -1.47. The number of amides is 2. The Morgan fingerprint density at radius 1 is 1.03 bits per heavy atom. The molecule has 6 nitrogen and oxygen atoms in total. The van der Waals surface area contributed by atoms with Crippen LogP contribution in [0, 0.1) is 18.6 Å². The molecule has 2 heterocycles. The number of carbonyl (C=O) groups is 2. The summed E-state index contributed by atoms with van der Waals surface area (Å²) < 4.78 is 26.8. The maximum Gasteiger partial charge on any atom is 0.245 e. The van der Waals surface area contributed by atoms with Crippen LogP contribution in [0.5, 0.6) is 0 Å². The lowest BCUT2D eigenvalue weighted by Crippen LogP contribution is -2.45. The number of halogens is 2. The molecule has 0 aliphatic carbocycles. The van der Waals surface area contributed by atoms with Crippen LogP contribution in [0.3, 0.4) is 0 Å². The van der Waals surface area contributed by atoms with Crippen molar-refractivity contribution in [1.29, 1.82) is 0 Å². The van der Waals surface area contributed by atoms with E-state index >= 15 is 0 Å². The second kappa shape index (κ2) is 8.92. The molecule has 1 aliphatic heterocycles. The van der Waals surface area contributed by atoms with Gasteiger partial charge in [-0.15, -0.1) is 0 Å². The SMILES string of the molecule is Cc1c(-c2ccc(F)cc2)[nH]c(-c2ccc(F)cc2)c1CCC(=O)N[C@@H]1C(=O)NC[C@H]1O. The Morgan fingerprint density at radius 2 is 1.59 bits per heavy atom. The summed E-state index contributed by atoms with van der Waals surface area (Å²) in [5, 5.41) is 14.9. The van der Waals surface area contributed by atoms with Crippen molar-refractivity contribution in [2.75, 3.05) is 6.54 Å². The summed E-state index contributed by atoms with van der Waals surface area (Å²) in [4.78, 5) is 27.6. The van der Waals surface area contributed by atoms with Crippen molar-refractivity contribution in [2.45, 2.75) is 31.9 Å². The van der Waals surface area contributed by atoms with Gasteiger partial charge in [0.1, 0.15) is 23.8 Å². The lowest BCUT2D eigenvalue weighted by Gasteiger charge is -2.14. The van der Waals surface area contributed by atoms with Crippen molar-refractivity contribution in [2.24, 2.45) is 0 Å². The van der Waals surface area contributed by atoms with Crippen molar-refractivity contribution >= 4 is 11.8 Å². The van der Waals surface area contributed by atoms with Gasteiger partial charge in [-0.2, -0.15) is 0 Å². The molecule has 0 saturated carbocycles. The van der Waals surface area contributed by atoms with Crippen molar-refractivity contribution in [3.05, 3.63) is 71.3 Å². The van der Waals surface area contributed by atoms with E-state index in [1.165, 1.54) is 24.3 Å². The molecule has 32 heavy (non-hydrogen) atoms. The van der Waals surface area contributed by atoms with Gasteiger partial charge in [0.05, 0.1) is 0 Å². The van der Waals surface area contributed by atoms with Crippen molar-refractivity contribution < 1.29 is 23.5 Å². The molecule has 4 rings (SSSR count). The van der Waals surface area contributed by atoms with E-state index in [0.717, 1.165) is 33.6 Å². The fraction of sp³-hybridized carbons (Fsp3) is 0.250. The van der Waals surface area contributed by atoms with Crippen LogP contribution in [0.25, 0.3) is 22.5 Å². The fourth-order valence-corrected chi connectivity index (χ4v) is 3.97. The van der Waals surface area contributed by atoms with Gasteiger partial charge in [0.15, 0.2) is 0 Å². The normalized spacial score (nSPS) is 17.9. The Kier molecular flexibility index (Phi) is 6.05. The van der Waals surface area contributed by atoms with Crippen molar-refractivity contribution in [3.8, 4) is 22.5 Å². The third kappa shape index (κ3) is 4.40. The topological polar surface area (TPSA) is 94.2 Å². The number of carbonyl (C=O) groups excluding carboxylic acids is 2. The van der Waals surface area contributed by atoms with Crippen LogP contribution in [-0.2, 0) is 16.0 Å². The molecule has 1 aromatic heterocycles. The highest BCUT2D eigenvalue weighted by Crippen LogP contribution is 2.34. The first kappa shape index (κ1) is 21.7. The van der Waals surface area contributed by atoms with Crippen LogP contribution in [0.15, 0.2) is 48.5 Å². The minimum atomic E-state index is -0.958. The molecule has 3 aromatic rings. The second-order valence-corrected chi connectivity index (χ2v) is 7.85. The molecule has 0 spiro atoms. The summed E-state index contributed by atoms with van der Waals surface area (Å²) >= 11 is 0. The highest BCUT2D eigenvalue weighted by molar-refractivity contribution is 5.90. The van der Waals surface area contributed by atoms with Gasteiger partial charge in [0.25, 0.3) is 0 Å². The van der Waals surface area contributed by atoms with E-state index in [1.807, 2.05) is 6.92 Å². The Bertz CT molecular complexity index is 1140. The van der Waals surface area contributed by atoms with E-state index < -0.39 is 18.1 Å². The molecular formula is C24H23F2N3O3. The summed E-state index contributed by atoms with van der Waals surface area (Å²) in [6.07, 6.45) is -0.515. The highest BCUT2D eigenvalue weighted by Gasteiger charge is 2.34. The molecule has 2 atom stereocenters. The average Bonchev–Trinajstić information content (AvgIpc) is 3.27. The number of H-pyrrole nitrogens is 1. The maximum atomic E-state index is 13.4. The van der Waals surface area contributed by atoms with Crippen LogP contribution in [0.4, 0.5) is 8.78 Å². The molecule has 1 fully saturated rings. The zero-order valence-electron chi connectivity index (χ0n) is 17.4. The molecule has 0 radical (unpaired) electrons. The minimum Gasteiger partial charge on any atom is -0.389 e. The number of aromatic amines is 1. The smallest absolute Gasteiger partial charge is 0.245 e. The predicted octanol–water partition coefficient (Wildman–Crippen LogP) is 2.84. The van der Waals surface area contributed by atoms with Crippen LogP contribution in [0.2, 0.25) is 0 Å². The zero-order valence-corrected chi connectivity index (χ0v) is 17.4. The summed E-state index contributed by atoms with van der Waals surface area (Å²) in [5.41, 5.74) is 4.82. The van der Waals surface area contributed by atoms with E-state index in [0.29, 0.717) is 6.42 Å².